The number of carbonyl (C=O) groups excluding carboxylic acids is 2. The Bertz CT molecular complexity index is 744. The summed E-state index contributed by atoms with van der Waals surface area (Å²) in [6.07, 6.45) is 0.373. The first-order valence-corrected chi connectivity index (χ1v) is 7.08. The van der Waals surface area contributed by atoms with E-state index in [1.54, 1.807) is 46.8 Å². The zero-order valence-corrected chi connectivity index (χ0v) is 12.3. The van der Waals surface area contributed by atoms with Gasteiger partial charge in [0, 0.05) is 16.3 Å². The van der Waals surface area contributed by atoms with Gasteiger partial charge in [-0.05, 0) is 35.4 Å². The largest absolute Gasteiger partial charge is 0.307 e. The average molecular weight is 317 g/mol. The zero-order chi connectivity index (χ0) is 15.7. The highest BCUT2D eigenvalue weighted by atomic mass is 35.5. The Morgan fingerprint density at radius 1 is 1.23 bits per heavy atom. The predicted octanol–water partition coefficient (Wildman–Crippen LogP) is 2.55. The van der Waals surface area contributed by atoms with E-state index in [1.807, 2.05) is 6.07 Å². The van der Waals surface area contributed by atoms with E-state index in [9.17, 15) is 9.59 Å². The van der Waals surface area contributed by atoms with E-state index in [0.29, 0.717) is 23.6 Å². The van der Waals surface area contributed by atoms with Gasteiger partial charge in [-0.1, -0.05) is 29.8 Å². The maximum Gasteiger partial charge on any atom is 0.274 e. The molecule has 2 amide bonds. The van der Waals surface area contributed by atoms with Crippen LogP contribution in [0.25, 0.3) is 0 Å². The van der Waals surface area contributed by atoms with Gasteiger partial charge in [-0.2, -0.15) is 0 Å². The van der Waals surface area contributed by atoms with Gasteiger partial charge in [-0.25, -0.2) is 5.48 Å². The summed E-state index contributed by atoms with van der Waals surface area (Å²) in [6, 6.07) is 12.1. The molecule has 0 fully saturated rings. The standard InChI is InChI=1S/C16H13ClN2O3/c17-13-6-5-12-7-15(20)19(14(12)8-13)9-10-1-3-11(4-2-10)16(21)18-22/h1-6,8,22H,7,9H2,(H,18,21). The number of carbonyl (C=O) groups is 2. The van der Waals surface area contributed by atoms with Crippen molar-refractivity contribution >= 4 is 29.1 Å². The molecule has 0 unspecified atom stereocenters. The number of rotatable bonds is 3. The van der Waals surface area contributed by atoms with Crippen LogP contribution in [0, 0.1) is 0 Å². The molecule has 22 heavy (non-hydrogen) atoms. The quantitative estimate of drug-likeness (QED) is 0.675. The molecule has 2 aromatic rings. The highest BCUT2D eigenvalue weighted by Gasteiger charge is 2.27. The minimum Gasteiger partial charge on any atom is -0.307 e. The smallest absolute Gasteiger partial charge is 0.274 e. The topological polar surface area (TPSA) is 69.6 Å². The summed E-state index contributed by atoms with van der Waals surface area (Å²) in [5, 5.41) is 9.18. The van der Waals surface area contributed by atoms with Crippen LogP contribution in [0.2, 0.25) is 5.02 Å². The Balaban J connectivity index is 1.83. The van der Waals surface area contributed by atoms with Crippen molar-refractivity contribution < 1.29 is 14.8 Å². The van der Waals surface area contributed by atoms with Gasteiger partial charge in [-0.3, -0.25) is 14.8 Å². The van der Waals surface area contributed by atoms with Gasteiger partial charge in [-0.15, -0.1) is 0 Å². The lowest BCUT2D eigenvalue weighted by atomic mass is 10.1. The maximum absolute atomic E-state index is 12.2. The van der Waals surface area contributed by atoms with Crippen molar-refractivity contribution in [3.05, 3.63) is 64.2 Å². The average Bonchev–Trinajstić information content (AvgIpc) is 2.83. The van der Waals surface area contributed by atoms with E-state index < -0.39 is 5.91 Å². The first-order valence-electron chi connectivity index (χ1n) is 6.70. The fourth-order valence-corrected chi connectivity index (χ4v) is 2.68. The zero-order valence-electron chi connectivity index (χ0n) is 11.5. The van der Waals surface area contributed by atoms with Crippen molar-refractivity contribution in [2.75, 3.05) is 4.90 Å². The second kappa shape index (κ2) is 5.79. The monoisotopic (exact) mass is 316 g/mol. The summed E-state index contributed by atoms with van der Waals surface area (Å²) in [5.74, 6) is -0.546. The number of nitrogens with zero attached hydrogens (tertiary/aromatic N) is 1. The number of hydroxylamine groups is 1. The highest BCUT2D eigenvalue weighted by Crippen LogP contribution is 2.32. The van der Waals surface area contributed by atoms with E-state index in [0.717, 1.165) is 16.8 Å². The van der Waals surface area contributed by atoms with Crippen LogP contribution in [0.3, 0.4) is 0 Å². The first kappa shape index (κ1) is 14.6. The van der Waals surface area contributed by atoms with Gasteiger partial charge in [0.2, 0.25) is 5.91 Å². The molecule has 0 saturated carbocycles. The second-order valence-corrected chi connectivity index (χ2v) is 5.50. The molecule has 0 atom stereocenters. The van der Waals surface area contributed by atoms with Crippen LogP contribution in [-0.4, -0.2) is 17.0 Å². The van der Waals surface area contributed by atoms with Gasteiger partial charge < -0.3 is 4.90 Å². The molecule has 2 aromatic carbocycles. The summed E-state index contributed by atoms with van der Waals surface area (Å²) in [6.45, 7) is 0.410. The molecular formula is C16H13ClN2O3. The summed E-state index contributed by atoms with van der Waals surface area (Å²) >= 11 is 6.00. The molecule has 1 heterocycles. The molecule has 6 heteroatoms. The molecule has 2 N–H and O–H groups in total. The normalized spacial score (nSPS) is 13.2. The number of hydrogen-bond donors (Lipinski definition) is 2. The molecule has 0 aromatic heterocycles. The van der Waals surface area contributed by atoms with Crippen LogP contribution in [0.15, 0.2) is 42.5 Å². The Kier molecular flexibility index (Phi) is 3.83. The van der Waals surface area contributed by atoms with Gasteiger partial charge in [0.05, 0.1) is 13.0 Å². The van der Waals surface area contributed by atoms with Crippen LogP contribution in [0.1, 0.15) is 21.5 Å². The van der Waals surface area contributed by atoms with Gasteiger partial charge >= 0.3 is 0 Å². The van der Waals surface area contributed by atoms with Crippen molar-refractivity contribution in [1.29, 1.82) is 0 Å². The van der Waals surface area contributed by atoms with Gasteiger partial charge in [0.1, 0.15) is 0 Å². The third kappa shape index (κ3) is 2.68. The lowest BCUT2D eigenvalue weighted by Gasteiger charge is -2.18. The summed E-state index contributed by atoms with van der Waals surface area (Å²) < 4.78 is 0. The lowest BCUT2D eigenvalue weighted by Crippen LogP contribution is -2.26. The van der Waals surface area contributed by atoms with E-state index in [4.69, 9.17) is 16.8 Å². The molecular weight excluding hydrogens is 304 g/mol. The molecule has 1 aliphatic heterocycles. The van der Waals surface area contributed by atoms with Crippen LogP contribution in [0.4, 0.5) is 5.69 Å². The van der Waals surface area contributed by atoms with Gasteiger partial charge in [0.15, 0.2) is 0 Å². The van der Waals surface area contributed by atoms with Crippen LogP contribution >= 0.6 is 11.6 Å². The van der Waals surface area contributed by atoms with Crippen LogP contribution in [0.5, 0.6) is 0 Å². The second-order valence-electron chi connectivity index (χ2n) is 5.07. The molecule has 112 valence electrons. The molecule has 0 spiro atoms. The molecule has 0 radical (unpaired) electrons. The minimum absolute atomic E-state index is 0.0226. The van der Waals surface area contributed by atoms with E-state index in [1.165, 1.54) is 0 Å². The molecule has 0 bridgehead atoms. The van der Waals surface area contributed by atoms with E-state index in [-0.39, 0.29) is 5.91 Å². The number of hydrogen-bond acceptors (Lipinski definition) is 3. The number of halogens is 1. The molecule has 1 aliphatic rings. The summed E-state index contributed by atoms with van der Waals surface area (Å²) in [4.78, 5) is 25.1. The van der Waals surface area contributed by atoms with Crippen molar-refractivity contribution in [3.8, 4) is 0 Å². The third-order valence-corrected chi connectivity index (χ3v) is 3.87. The lowest BCUT2D eigenvalue weighted by molar-refractivity contribution is -0.117. The maximum atomic E-state index is 12.2. The number of anilines is 1. The fraction of sp³-hybridized carbons (Fsp3) is 0.125. The molecule has 0 saturated heterocycles. The highest BCUT2D eigenvalue weighted by molar-refractivity contribution is 6.31. The van der Waals surface area contributed by atoms with Crippen molar-refractivity contribution in [1.82, 2.24) is 5.48 Å². The third-order valence-electron chi connectivity index (χ3n) is 3.64. The van der Waals surface area contributed by atoms with Crippen molar-refractivity contribution in [3.63, 3.8) is 0 Å². The number of benzene rings is 2. The van der Waals surface area contributed by atoms with Crippen molar-refractivity contribution in [2.24, 2.45) is 0 Å². The Hall–Kier alpha value is -2.37. The van der Waals surface area contributed by atoms with Crippen molar-refractivity contribution in [2.45, 2.75) is 13.0 Å². The molecule has 3 rings (SSSR count). The Labute approximate surface area is 132 Å². The SMILES string of the molecule is O=C(NO)c1ccc(CN2C(=O)Cc3ccc(Cl)cc32)cc1. The summed E-state index contributed by atoms with van der Waals surface area (Å²) in [7, 11) is 0. The first-order chi connectivity index (χ1) is 10.6. The van der Waals surface area contributed by atoms with Crippen LogP contribution < -0.4 is 10.4 Å². The predicted molar refractivity (Wildman–Crippen MR) is 82.0 cm³/mol. The molecule has 0 aliphatic carbocycles. The number of fused-ring (bicyclic) bond motifs is 1. The Morgan fingerprint density at radius 3 is 2.64 bits per heavy atom. The number of nitrogens with one attached hydrogen (secondary N) is 1. The van der Waals surface area contributed by atoms with Gasteiger partial charge in [0.25, 0.3) is 5.91 Å². The number of amides is 2. The summed E-state index contributed by atoms with van der Waals surface area (Å²) in [5.41, 5.74) is 4.61. The fourth-order valence-electron chi connectivity index (χ4n) is 2.51. The van der Waals surface area contributed by atoms with Crippen LogP contribution in [-0.2, 0) is 17.8 Å². The van der Waals surface area contributed by atoms with E-state index in [2.05, 4.69) is 0 Å². The Morgan fingerprint density at radius 2 is 1.95 bits per heavy atom. The van der Waals surface area contributed by atoms with E-state index >= 15 is 0 Å². The molecule has 5 nitrogen and oxygen atoms in total. The minimum atomic E-state index is -0.569.